The minimum atomic E-state index is -0.689. The largest absolute Gasteiger partial charge is 0.481 e. The van der Waals surface area contributed by atoms with Crippen LogP contribution in [0.4, 0.5) is 0 Å². The number of carboxylic acids is 1. The molecule has 116 valence electrons. The van der Waals surface area contributed by atoms with Crippen molar-refractivity contribution in [2.24, 2.45) is 0 Å². The summed E-state index contributed by atoms with van der Waals surface area (Å²) in [6.07, 6.45) is 3.37. The first-order valence-electron chi connectivity index (χ1n) is 8.16. The van der Waals surface area contributed by atoms with Gasteiger partial charge in [0.25, 0.3) is 0 Å². The van der Waals surface area contributed by atoms with Crippen molar-refractivity contribution in [3.63, 3.8) is 0 Å². The molecule has 1 aliphatic rings. The molecule has 3 nitrogen and oxygen atoms in total. The van der Waals surface area contributed by atoms with E-state index in [9.17, 15) is 4.79 Å². The topological polar surface area (TPSA) is 40.5 Å². The van der Waals surface area contributed by atoms with Crippen LogP contribution in [0.15, 0.2) is 42.5 Å². The molecule has 0 aliphatic carbocycles. The number of nitrogens with zero attached hydrogens (tertiary/aromatic N) is 1. The Bertz CT molecular complexity index is 639. The molecule has 0 amide bonds. The molecule has 0 spiro atoms. The number of aliphatic carboxylic acids is 1. The van der Waals surface area contributed by atoms with Crippen molar-refractivity contribution >= 4 is 16.7 Å². The average molecular weight is 297 g/mol. The van der Waals surface area contributed by atoms with Crippen molar-refractivity contribution in [3.05, 3.63) is 48.0 Å². The van der Waals surface area contributed by atoms with Crippen molar-refractivity contribution in [2.75, 3.05) is 19.6 Å². The van der Waals surface area contributed by atoms with Gasteiger partial charge in [0.05, 0.1) is 0 Å². The fourth-order valence-corrected chi connectivity index (χ4v) is 3.53. The fraction of sp³-hybridized carbons (Fsp3) is 0.421. The first-order valence-corrected chi connectivity index (χ1v) is 8.16. The van der Waals surface area contributed by atoms with Crippen molar-refractivity contribution in [1.29, 1.82) is 0 Å². The SMILES string of the molecule is O=C(O)CCCN1CCC(c2cccc3ccccc23)CC1. The molecule has 1 fully saturated rings. The van der Waals surface area contributed by atoms with E-state index in [4.69, 9.17) is 5.11 Å². The first-order chi connectivity index (χ1) is 10.7. The molecule has 22 heavy (non-hydrogen) atoms. The first kappa shape index (κ1) is 15.0. The zero-order valence-corrected chi connectivity index (χ0v) is 12.9. The maximum atomic E-state index is 10.6. The van der Waals surface area contributed by atoms with Gasteiger partial charge in [-0.3, -0.25) is 4.79 Å². The Morgan fingerprint density at radius 2 is 1.82 bits per heavy atom. The van der Waals surface area contributed by atoms with E-state index in [0.29, 0.717) is 5.92 Å². The van der Waals surface area contributed by atoms with Crippen molar-refractivity contribution in [3.8, 4) is 0 Å². The molecule has 1 heterocycles. The lowest BCUT2D eigenvalue weighted by Gasteiger charge is -2.32. The monoisotopic (exact) mass is 297 g/mol. The summed E-state index contributed by atoms with van der Waals surface area (Å²) in [6.45, 7) is 3.07. The molecule has 1 aliphatic heterocycles. The zero-order valence-electron chi connectivity index (χ0n) is 12.9. The predicted molar refractivity (Wildman–Crippen MR) is 89.2 cm³/mol. The lowest BCUT2D eigenvalue weighted by Crippen LogP contribution is -2.33. The number of piperidine rings is 1. The van der Waals surface area contributed by atoms with E-state index in [1.54, 1.807) is 0 Å². The summed E-state index contributed by atoms with van der Waals surface area (Å²) >= 11 is 0. The quantitative estimate of drug-likeness (QED) is 0.910. The van der Waals surface area contributed by atoms with E-state index in [0.717, 1.165) is 26.1 Å². The van der Waals surface area contributed by atoms with Crippen LogP contribution >= 0.6 is 0 Å². The third-order valence-corrected chi connectivity index (χ3v) is 4.72. The van der Waals surface area contributed by atoms with Crippen molar-refractivity contribution < 1.29 is 9.90 Å². The zero-order chi connectivity index (χ0) is 15.4. The van der Waals surface area contributed by atoms with Gasteiger partial charge >= 0.3 is 5.97 Å². The Hall–Kier alpha value is -1.87. The summed E-state index contributed by atoms with van der Waals surface area (Å²) in [4.78, 5) is 13.0. The van der Waals surface area contributed by atoms with Gasteiger partial charge in [-0.1, -0.05) is 42.5 Å². The summed E-state index contributed by atoms with van der Waals surface area (Å²) in [5.41, 5.74) is 1.48. The predicted octanol–water partition coefficient (Wildman–Crippen LogP) is 3.88. The van der Waals surface area contributed by atoms with E-state index in [-0.39, 0.29) is 6.42 Å². The number of likely N-dealkylation sites (tertiary alicyclic amines) is 1. The van der Waals surface area contributed by atoms with Crippen LogP contribution in [0.25, 0.3) is 10.8 Å². The lowest BCUT2D eigenvalue weighted by molar-refractivity contribution is -0.137. The molecule has 1 N–H and O–H groups in total. The van der Waals surface area contributed by atoms with Crippen LogP contribution < -0.4 is 0 Å². The molecule has 0 aromatic heterocycles. The molecule has 1 saturated heterocycles. The van der Waals surface area contributed by atoms with Gasteiger partial charge in [-0.2, -0.15) is 0 Å². The Morgan fingerprint density at radius 3 is 2.59 bits per heavy atom. The van der Waals surface area contributed by atoms with Gasteiger partial charge in [0.2, 0.25) is 0 Å². The second kappa shape index (κ2) is 6.93. The molecular formula is C19H23NO2. The number of hydrogen-bond acceptors (Lipinski definition) is 2. The van der Waals surface area contributed by atoms with E-state index in [2.05, 4.69) is 47.4 Å². The molecule has 0 radical (unpaired) electrons. The molecule has 3 rings (SSSR count). The smallest absolute Gasteiger partial charge is 0.303 e. The lowest BCUT2D eigenvalue weighted by atomic mass is 9.86. The van der Waals surface area contributed by atoms with Crippen molar-refractivity contribution in [2.45, 2.75) is 31.6 Å². The highest BCUT2D eigenvalue weighted by molar-refractivity contribution is 5.86. The number of carboxylic acid groups (broad SMARTS) is 1. The molecule has 0 atom stereocenters. The normalized spacial score (nSPS) is 16.9. The summed E-state index contributed by atoms with van der Waals surface area (Å²) in [5, 5.41) is 11.4. The van der Waals surface area contributed by atoms with Crippen LogP contribution in [-0.4, -0.2) is 35.6 Å². The van der Waals surface area contributed by atoms with Gasteiger partial charge in [-0.15, -0.1) is 0 Å². The minimum Gasteiger partial charge on any atom is -0.481 e. The Morgan fingerprint density at radius 1 is 1.09 bits per heavy atom. The summed E-state index contributed by atoms with van der Waals surface area (Å²) in [6, 6.07) is 15.2. The van der Waals surface area contributed by atoms with Gasteiger partial charge in [-0.25, -0.2) is 0 Å². The second-order valence-corrected chi connectivity index (χ2v) is 6.18. The third kappa shape index (κ3) is 3.47. The maximum absolute atomic E-state index is 10.6. The molecule has 0 unspecified atom stereocenters. The molecule has 2 aromatic rings. The van der Waals surface area contributed by atoms with E-state index in [1.165, 1.54) is 29.2 Å². The highest BCUT2D eigenvalue weighted by Gasteiger charge is 2.21. The van der Waals surface area contributed by atoms with Crippen LogP contribution in [0.3, 0.4) is 0 Å². The van der Waals surface area contributed by atoms with Crippen LogP contribution in [0.5, 0.6) is 0 Å². The molecule has 2 aromatic carbocycles. The Labute approximate surface area is 131 Å². The standard InChI is InChI=1S/C19H23NO2/c21-19(22)9-4-12-20-13-10-16(11-14-20)18-8-3-6-15-5-1-2-7-17(15)18/h1-3,5-8,16H,4,9-14H2,(H,21,22). The van der Waals surface area contributed by atoms with E-state index in [1.807, 2.05) is 0 Å². The Kier molecular flexibility index (Phi) is 4.74. The van der Waals surface area contributed by atoms with Gasteiger partial charge in [0.15, 0.2) is 0 Å². The number of benzene rings is 2. The molecular weight excluding hydrogens is 274 g/mol. The van der Waals surface area contributed by atoms with Crippen LogP contribution in [-0.2, 0) is 4.79 Å². The maximum Gasteiger partial charge on any atom is 0.303 e. The van der Waals surface area contributed by atoms with Crippen LogP contribution in [0.2, 0.25) is 0 Å². The van der Waals surface area contributed by atoms with Gasteiger partial charge in [0.1, 0.15) is 0 Å². The van der Waals surface area contributed by atoms with Gasteiger partial charge in [-0.05, 0) is 61.2 Å². The van der Waals surface area contributed by atoms with Crippen molar-refractivity contribution in [1.82, 2.24) is 4.90 Å². The Balaban J connectivity index is 1.62. The molecule has 0 bridgehead atoms. The molecule has 0 saturated carbocycles. The van der Waals surface area contributed by atoms with Crippen LogP contribution in [0, 0.1) is 0 Å². The highest BCUT2D eigenvalue weighted by Crippen LogP contribution is 2.33. The van der Waals surface area contributed by atoms with Crippen LogP contribution in [0.1, 0.15) is 37.2 Å². The van der Waals surface area contributed by atoms with E-state index >= 15 is 0 Å². The van der Waals surface area contributed by atoms with E-state index < -0.39 is 5.97 Å². The highest BCUT2D eigenvalue weighted by atomic mass is 16.4. The number of fused-ring (bicyclic) bond motifs is 1. The summed E-state index contributed by atoms with van der Waals surface area (Å²) < 4.78 is 0. The van der Waals surface area contributed by atoms with Gasteiger partial charge < -0.3 is 10.0 Å². The minimum absolute atomic E-state index is 0.281. The number of hydrogen-bond donors (Lipinski definition) is 1. The fourth-order valence-electron chi connectivity index (χ4n) is 3.53. The summed E-state index contributed by atoms with van der Waals surface area (Å²) in [7, 11) is 0. The molecule has 3 heteroatoms. The summed E-state index contributed by atoms with van der Waals surface area (Å²) in [5.74, 6) is -0.0625. The number of rotatable bonds is 5. The number of carbonyl (C=O) groups is 1. The second-order valence-electron chi connectivity index (χ2n) is 6.18. The third-order valence-electron chi connectivity index (χ3n) is 4.72. The van der Waals surface area contributed by atoms with Gasteiger partial charge in [0, 0.05) is 6.42 Å². The average Bonchev–Trinajstić information content (AvgIpc) is 2.55.